The van der Waals surface area contributed by atoms with Gasteiger partial charge in [0.2, 0.25) is 11.8 Å². The average molecular weight is 338 g/mol. The van der Waals surface area contributed by atoms with E-state index in [1.807, 2.05) is 29.3 Å². The summed E-state index contributed by atoms with van der Waals surface area (Å²) in [5, 5.41) is 1.99. The number of piperidine rings is 1. The Morgan fingerprint density at radius 2 is 2.30 bits per heavy atom. The minimum Gasteiger partial charge on any atom is -0.383 e. The molecular weight excluding hydrogens is 312 g/mol. The number of methoxy groups -OCH3 is 1. The summed E-state index contributed by atoms with van der Waals surface area (Å²) in [4.78, 5) is 29.9. The normalized spacial score (nSPS) is 19.4. The van der Waals surface area contributed by atoms with Crippen LogP contribution in [0.2, 0.25) is 0 Å². The third-order valence-corrected chi connectivity index (χ3v) is 5.48. The predicted octanol–water partition coefficient (Wildman–Crippen LogP) is 2.20. The molecular formula is C17H26N2O3S. The Bertz CT molecular complexity index is 518. The first-order valence-corrected chi connectivity index (χ1v) is 8.98. The van der Waals surface area contributed by atoms with Gasteiger partial charge >= 0.3 is 0 Å². The van der Waals surface area contributed by atoms with Crippen LogP contribution in [0.1, 0.15) is 30.6 Å². The van der Waals surface area contributed by atoms with E-state index >= 15 is 0 Å². The number of carbonyl (C=O) groups excluding carboxylic acids is 2. The molecule has 1 aromatic rings. The molecule has 2 heterocycles. The van der Waals surface area contributed by atoms with Crippen molar-refractivity contribution in [2.75, 3.05) is 40.4 Å². The zero-order valence-corrected chi connectivity index (χ0v) is 15.0. The second kappa shape index (κ2) is 8.45. The second-order valence-corrected chi connectivity index (χ2v) is 7.09. The first-order valence-electron chi connectivity index (χ1n) is 8.10. The number of hydrogen-bond acceptors (Lipinski definition) is 4. The molecule has 0 spiro atoms. The SMILES string of the molecule is COCCN(C)C(=O)[C@H]1CCCN(C(=O)[C@H](C)c2cccs2)C1. The number of hydrogen-bond donors (Lipinski definition) is 0. The van der Waals surface area contributed by atoms with Gasteiger partial charge in [0.15, 0.2) is 0 Å². The zero-order chi connectivity index (χ0) is 16.8. The molecule has 0 unspecified atom stereocenters. The average Bonchev–Trinajstić information content (AvgIpc) is 3.12. The monoisotopic (exact) mass is 338 g/mol. The number of carbonyl (C=O) groups is 2. The molecule has 1 aliphatic rings. The highest BCUT2D eigenvalue weighted by atomic mass is 32.1. The lowest BCUT2D eigenvalue weighted by molar-refractivity contribution is -0.140. The van der Waals surface area contributed by atoms with E-state index in [9.17, 15) is 9.59 Å². The molecule has 2 amide bonds. The van der Waals surface area contributed by atoms with Crippen molar-refractivity contribution in [1.29, 1.82) is 0 Å². The zero-order valence-electron chi connectivity index (χ0n) is 14.2. The molecule has 0 radical (unpaired) electrons. The van der Waals surface area contributed by atoms with Crippen LogP contribution in [-0.4, -0.2) is 62.0 Å². The Morgan fingerprint density at radius 3 is 2.96 bits per heavy atom. The summed E-state index contributed by atoms with van der Waals surface area (Å²) in [6.45, 7) is 4.35. The van der Waals surface area contributed by atoms with Crippen molar-refractivity contribution in [2.24, 2.45) is 5.92 Å². The van der Waals surface area contributed by atoms with Crippen LogP contribution in [0.15, 0.2) is 17.5 Å². The lowest BCUT2D eigenvalue weighted by Crippen LogP contribution is -2.47. The molecule has 0 saturated carbocycles. The topological polar surface area (TPSA) is 49.9 Å². The lowest BCUT2D eigenvalue weighted by atomic mass is 9.95. The molecule has 2 rings (SSSR count). The number of likely N-dealkylation sites (tertiary alicyclic amines) is 1. The smallest absolute Gasteiger partial charge is 0.230 e. The van der Waals surface area contributed by atoms with Gasteiger partial charge in [-0.1, -0.05) is 6.07 Å². The molecule has 1 saturated heterocycles. The Balaban J connectivity index is 1.94. The first kappa shape index (κ1) is 17.9. The van der Waals surface area contributed by atoms with E-state index in [-0.39, 0.29) is 23.7 Å². The third kappa shape index (κ3) is 4.54. The van der Waals surface area contributed by atoms with Gasteiger partial charge in [-0.05, 0) is 31.2 Å². The van der Waals surface area contributed by atoms with Crippen molar-refractivity contribution in [1.82, 2.24) is 9.80 Å². The van der Waals surface area contributed by atoms with Gasteiger partial charge < -0.3 is 14.5 Å². The van der Waals surface area contributed by atoms with Crippen LogP contribution >= 0.6 is 11.3 Å². The van der Waals surface area contributed by atoms with Gasteiger partial charge in [-0.25, -0.2) is 0 Å². The number of ether oxygens (including phenoxy) is 1. The molecule has 2 atom stereocenters. The fourth-order valence-electron chi connectivity index (χ4n) is 2.96. The molecule has 23 heavy (non-hydrogen) atoms. The summed E-state index contributed by atoms with van der Waals surface area (Å²) in [7, 11) is 3.43. The number of amides is 2. The quantitative estimate of drug-likeness (QED) is 0.799. The first-order chi connectivity index (χ1) is 11.0. The summed E-state index contributed by atoms with van der Waals surface area (Å²) in [5.41, 5.74) is 0. The molecule has 0 aromatic carbocycles. The second-order valence-electron chi connectivity index (χ2n) is 6.11. The molecule has 1 aromatic heterocycles. The van der Waals surface area contributed by atoms with Crippen LogP contribution < -0.4 is 0 Å². The standard InChI is InChI=1S/C17H26N2O3S/c1-13(15-7-5-11-23-15)16(20)19-8-4-6-14(12-19)17(21)18(2)9-10-22-3/h5,7,11,13-14H,4,6,8-10,12H2,1-3H3/t13-,14+/m1/s1. The Labute approximate surface area is 142 Å². The lowest BCUT2D eigenvalue weighted by Gasteiger charge is -2.35. The van der Waals surface area contributed by atoms with E-state index in [4.69, 9.17) is 4.74 Å². The molecule has 128 valence electrons. The van der Waals surface area contributed by atoms with Gasteiger partial charge in [-0.2, -0.15) is 0 Å². The number of rotatable bonds is 6. The summed E-state index contributed by atoms with van der Waals surface area (Å²) in [6, 6.07) is 3.97. The van der Waals surface area contributed by atoms with Crippen molar-refractivity contribution in [2.45, 2.75) is 25.7 Å². The maximum atomic E-state index is 12.7. The minimum absolute atomic E-state index is 0.0925. The molecule has 6 heteroatoms. The van der Waals surface area contributed by atoms with Crippen molar-refractivity contribution in [3.63, 3.8) is 0 Å². The highest BCUT2D eigenvalue weighted by Gasteiger charge is 2.32. The summed E-state index contributed by atoms with van der Waals surface area (Å²) >= 11 is 1.61. The maximum Gasteiger partial charge on any atom is 0.230 e. The van der Waals surface area contributed by atoms with E-state index < -0.39 is 0 Å². The Morgan fingerprint density at radius 1 is 1.52 bits per heavy atom. The van der Waals surface area contributed by atoms with Gasteiger partial charge in [-0.3, -0.25) is 9.59 Å². The molecule has 0 aliphatic carbocycles. The van der Waals surface area contributed by atoms with Gasteiger partial charge in [0.1, 0.15) is 0 Å². The Kier molecular flexibility index (Phi) is 6.59. The summed E-state index contributed by atoms with van der Waals surface area (Å²) in [5.74, 6) is 0.0213. The predicted molar refractivity (Wildman–Crippen MR) is 91.6 cm³/mol. The van der Waals surface area contributed by atoms with Crippen LogP contribution in [0.5, 0.6) is 0 Å². The van der Waals surface area contributed by atoms with Crippen molar-refractivity contribution in [3.05, 3.63) is 22.4 Å². The van der Waals surface area contributed by atoms with Crippen LogP contribution in [0, 0.1) is 5.92 Å². The highest BCUT2D eigenvalue weighted by molar-refractivity contribution is 7.10. The van der Waals surface area contributed by atoms with E-state index in [2.05, 4.69) is 0 Å². The van der Waals surface area contributed by atoms with Crippen molar-refractivity contribution in [3.8, 4) is 0 Å². The van der Waals surface area contributed by atoms with E-state index in [1.165, 1.54) is 0 Å². The van der Waals surface area contributed by atoms with Crippen LogP contribution in [0.25, 0.3) is 0 Å². The summed E-state index contributed by atoms with van der Waals surface area (Å²) < 4.78 is 5.02. The molecule has 1 fully saturated rings. The van der Waals surface area contributed by atoms with Crippen LogP contribution in [0.4, 0.5) is 0 Å². The van der Waals surface area contributed by atoms with E-state index in [0.717, 1.165) is 24.3 Å². The molecule has 0 bridgehead atoms. The van der Waals surface area contributed by atoms with Crippen molar-refractivity contribution >= 4 is 23.2 Å². The minimum atomic E-state index is -0.130. The van der Waals surface area contributed by atoms with Crippen LogP contribution in [0.3, 0.4) is 0 Å². The molecule has 0 N–H and O–H groups in total. The molecule has 1 aliphatic heterocycles. The largest absolute Gasteiger partial charge is 0.383 e. The maximum absolute atomic E-state index is 12.7. The molecule has 5 nitrogen and oxygen atoms in total. The Hall–Kier alpha value is -1.40. The fraction of sp³-hybridized carbons (Fsp3) is 0.647. The van der Waals surface area contributed by atoms with E-state index in [0.29, 0.717) is 19.7 Å². The van der Waals surface area contributed by atoms with Gasteiger partial charge in [0.05, 0.1) is 18.4 Å². The summed E-state index contributed by atoms with van der Waals surface area (Å²) in [6.07, 6.45) is 1.74. The number of nitrogens with zero attached hydrogens (tertiary/aromatic N) is 2. The third-order valence-electron chi connectivity index (χ3n) is 4.43. The number of likely N-dealkylation sites (N-methyl/N-ethyl adjacent to an activating group) is 1. The fourth-order valence-corrected chi connectivity index (χ4v) is 3.74. The van der Waals surface area contributed by atoms with Gasteiger partial charge in [0, 0.05) is 38.7 Å². The highest BCUT2D eigenvalue weighted by Crippen LogP contribution is 2.26. The van der Waals surface area contributed by atoms with Gasteiger partial charge in [0.25, 0.3) is 0 Å². The van der Waals surface area contributed by atoms with Gasteiger partial charge in [-0.15, -0.1) is 11.3 Å². The van der Waals surface area contributed by atoms with E-state index in [1.54, 1.807) is 30.4 Å². The van der Waals surface area contributed by atoms with Crippen molar-refractivity contribution < 1.29 is 14.3 Å². The van der Waals surface area contributed by atoms with Crippen LogP contribution in [-0.2, 0) is 14.3 Å². The number of thiophene rings is 1.